The van der Waals surface area contributed by atoms with E-state index >= 15 is 0 Å². The number of amides is 2. The van der Waals surface area contributed by atoms with E-state index in [1.54, 1.807) is 13.8 Å². The van der Waals surface area contributed by atoms with Gasteiger partial charge in [0.05, 0.1) is 24.4 Å². The zero-order valence-electron chi connectivity index (χ0n) is 22.2. The highest BCUT2D eigenvalue weighted by Gasteiger charge is 2.33. The molecule has 9 heteroatoms. The van der Waals surface area contributed by atoms with Gasteiger partial charge in [-0.3, -0.25) is 19.7 Å². The molecule has 0 bridgehead atoms. The van der Waals surface area contributed by atoms with Crippen LogP contribution in [0.4, 0.5) is 5.69 Å². The number of likely N-dealkylation sites (tertiary alicyclic amines) is 1. The SMILES string of the molecule is CC(=O)N1CCC([NH2+]C2=C(C(=N)N3CCCc4cc(-c5cnn(C)c5)ccc43)CN(C(C)=O)CC2)CC1. The molecule has 196 valence electrons. The number of anilines is 1. The van der Waals surface area contributed by atoms with Gasteiger partial charge < -0.3 is 20.0 Å². The molecule has 0 radical (unpaired) electrons. The molecular formula is C28H38N7O2+. The van der Waals surface area contributed by atoms with Gasteiger partial charge in [-0.1, -0.05) is 6.07 Å². The van der Waals surface area contributed by atoms with Crippen LogP contribution in [0, 0.1) is 5.41 Å². The number of fused-ring (bicyclic) bond motifs is 1. The van der Waals surface area contributed by atoms with Gasteiger partial charge >= 0.3 is 0 Å². The average Bonchev–Trinajstić information content (AvgIpc) is 3.34. The topological polar surface area (TPSA) is 102 Å². The first-order chi connectivity index (χ1) is 17.8. The molecule has 2 amide bonds. The van der Waals surface area contributed by atoms with Crippen molar-refractivity contribution in [1.82, 2.24) is 19.6 Å². The fourth-order valence-electron chi connectivity index (χ4n) is 5.87. The minimum Gasteiger partial charge on any atom is -0.342 e. The summed E-state index contributed by atoms with van der Waals surface area (Å²) in [6, 6.07) is 6.89. The lowest BCUT2D eigenvalue weighted by atomic mass is 9.95. The summed E-state index contributed by atoms with van der Waals surface area (Å²) in [6.07, 6.45) is 8.54. The summed E-state index contributed by atoms with van der Waals surface area (Å²) in [4.78, 5) is 29.9. The highest BCUT2D eigenvalue weighted by atomic mass is 16.2. The van der Waals surface area contributed by atoms with Crippen molar-refractivity contribution < 1.29 is 14.9 Å². The van der Waals surface area contributed by atoms with Crippen molar-refractivity contribution in [3.63, 3.8) is 0 Å². The molecule has 1 saturated heterocycles. The average molecular weight is 505 g/mol. The number of nitrogens with zero attached hydrogens (tertiary/aromatic N) is 5. The molecule has 0 aliphatic carbocycles. The van der Waals surface area contributed by atoms with Crippen molar-refractivity contribution >= 4 is 23.3 Å². The molecule has 3 N–H and O–H groups in total. The number of amidine groups is 1. The lowest BCUT2D eigenvalue weighted by molar-refractivity contribution is -0.649. The molecule has 0 atom stereocenters. The van der Waals surface area contributed by atoms with Crippen LogP contribution in [-0.2, 0) is 23.1 Å². The van der Waals surface area contributed by atoms with Gasteiger partial charge in [-0.2, -0.15) is 5.10 Å². The Morgan fingerprint density at radius 2 is 1.76 bits per heavy atom. The molecule has 2 aromatic rings. The Kier molecular flexibility index (Phi) is 7.15. The molecule has 3 aliphatic rings. The molecule has 1 fully saturated rings. The Morgan fingerprint density at radius 1 is 1.00 bits per heavy atom. The second-order valence-electron chi connectivity index (χ2n) is 10.6. The summed E-state index contributed by atoms with van der Waals surface area (Å²) < 4.78 is 1.81. The molecule has 3 aliphatic heterocycles. The number of nitrogens with one attached hydrogen (secondary N) is 1. The van der Waals surface area contributed by atoms with E-state index in [4.69, 9.17) is 0 Å². The van der Waals surface area contributed by atoms with Gasteiger partial charge in [-0.15, -0.1) is 0 Å². The first-order valence-electron chi connectivity index (χ1n) is 13.4. The Bertz CT molecular complexity index is 1240. The third-order valence-corrected chi connectivity index (χ3v) is 8.05. The number of hydrogen-bond acceptors (Lipinski definition) is 4. The van der Waals surface area contributed by atoms with Crippen LogP contribution in [0.1, 0.15) is 45.1 Å². The molecule has 9 nitrogen and oxygen atoms in total. The lowest BCUT2D eigenvalue weighted by Crippen LogP contribution is -2.90. The molecule has 5 rings (SSSR count). The predicted octanol–water partition coefficient (Wildman–Crippen LogP) is 1.90. The van der Waals surface area contributed by atoms with E-state index in [1.807, 2.05) is 33.9 Å². The second kappa shape index (κ2) is 10.5. The standard InChI is InChI=1S/C28H37N7O2/c1-19(36)33-12-8-24(9-13-33)31-26-10-14-34(20(2)37)18-25(26)28(29)35-11-4-5-22-15-21(6-7-27(22)35)23-16-30-32(3)17-23/h6-7,15-17,24,29,31H,4-5,8-14,18H2,1-3H3/p+1. The van der Waals surface area contributed by atoms with Gasteiger partial charge in [0.15, 0.2) is 0 Å². The van der Waals surface area contributed by atoms with Crippen molar-refractivity contribution in [1.29, 1.82) is 5.41 Å². The molecular weight excluding hydrogens is 466 g/mol. The van der Waals surface area contributed by atoms with E-state index in [1.165, 1.54) is 11.3 Å². The summed E-state index contributed by atoms with van der Waals surface area (Å²) in [6.45, 7) is 6.79. The van der Waals surface area contributed by atoms with E-state index < -0.39 is 0 Å². The normalized spacial score (nSPS) is 18.7. The molecule has 0 spiro atoms. The summed E-state index contributed by atoms with van der Waals surface area (Å²) in [7, 11) is 1.93. The maximum Gasteiger partial charge on any atom is 0.219 e. The van der Waals surface area contributed by atoms with Crippen molar-refractivity contribution in [3.05, 3.63) is 47.4 Å². The quantitative estimate of drug-likeness (QED) is 0.490. The van der Waals surface area contributed by atoms with Crippen molar-refractivity contribution in [3.8, 4) is 11.1 Å². The van der Waals surface area contributed by atoms with Gasteiger partial charge in [0.1, 0.15) is 11.5 Å². The van der Waals surface area contributed by atoms with Gasteiger partial charge in [0.25, 0.3) is 0 Å². The Labute approximate surface area is 218 Å². The maximum atomic E-state index is 12.3. The number of quaternary nitrogens is 1. The number of rotatable bonds is 4. The van der Waals surface area contributed by atoms with Crippen molar-refractivity contribution in [2.24, 2.45) is 7.05 Å². The van der Waals surface area contributed by atoms with Gasteiger partial charge in [0.2, 0.25) is 11.8 Å². The Balaban J connectivity index is 1.40. The van der Waals surface area contributed by atoms with E-state index in [-0.39, 0.29) is 11.8 Å². The van der Waals surface area contributed by atoms with Crippen LogP contribution in [0.15, 0.2) is 41.9 Å². The number of carbonyl (C=O) groups excluding carboxylic acids is 2. The van der Waals surface area contributed by atoms with E-state index in [9.17, 15) is 15.0 Å². The van der Waals surface area contributed by atoms with Crippen LogP contribution in [0.5, 0.6) is 0 Å². The van der Waals surface area contributed by atoms with Gasteiger partial charge in [-0.05, 0) is 36.1 Å². The third-order valence-electron chi connectivity index (χ3n) is 8.05. The maximum absolute atomic E-state index is 12.3. The number of aromatic nitrogens is 2. The van der Waals surface area contributed by atoms with E-state index in [0.717, 1.165) is 74.1 Å². The van der Waals surface area contributed by atoms with Gasteiger partial charge in [-0.25, -0.2) is 0 Å². The van der Waals surface area contributed by atoms with E-state index in [0.29, 0.717) is 25.0 Å². The second-order valence-corrected chi connectivity index (χ2v) is 10.6. The predicted molar refractivity (Wildman–Crippen MR) is 143 cm³/mol. The Hall–Kier alpha value is -3.46. The first-order valence-corrected chi connectivity index (χ1v) is 13.4. The number of carbonyl (C=O) groups is 2. The Morgan fingerprint density at radius 3 is 2.43 bits per heavy atom. The molecule has 4 heterocycles. The minimum absolute atomic E-state index is 0.0549. The number of aryl methyl sites for hydroxylation is 2. The van der Waals surface area contributed by atoms with Crippen LogP contribution in [-0.4, -0.2) is 76.0 Å². The van der Waals surface area contributed by atoms with Crippen molar-refractivity contribution in [2.75, 3.05) is 37.6 Å². The minimum atomic E-state index is 0.0549. The van der Waals surface area contributed by atoms with Crippen LogP contribution in [0.2, 0.25) is 0 Å². The number of nitrogens with two attached hydrogens (primary N) is 1. The first kappa shape index (κ1) is 25.2. The molecule has 0 unspecified atom stereocenters. The molecule has 0 saturated carbocycles. The third kappa shape index (κ3) is 5.32. The zero-order chi connectivity index (χ0) is 26.1. The summed E-state index contributed by atoms with van der Waals surface area (Å²) in [5.74, 6) is 0.707. The largest absolute Gasteiger partial charge is 0.342 e. The highest BCUT2D eigenvalue weighted by molar-refractivity contribution is 6.09. The lowest BCUT2D eigenvalue weighted by Gasteiger charge is -2.37. The van der Waals surface area contributed by atoms with Crippen molar-refractivity contribution in [2.45, 2.75) is 52.0 Å². The summed E-state index contributed by atoms with van der Waals surface area (Å²) in [5, 5.41) is 16.0. The molecule has 1 aromatic carbocycles. The van der Waals surface area contributed by atoms with Crippen LogP contribution in [0.3, 0.4) is 0 Å². The fourth-order valence-corrected chi connectivity index (χ4v) is 5.87. The fraction of sp³-hybridized carbons (Fsp3) is 0.500. The smallest absolute Gasteiger partial charge is 0.219 e. The van der Waals surface area contributed by atoms with Gasteiger partial charge in [0, 0.05) is 83.8 Å². The number of hydrogen-bond donors (Lipinski definition) is 2. The highest BCUT2D eigenvalue weighted by Crippen LogP contribution is 2.33. The molecule has 37 heavy (non-hydrogen) atoms. The monoisotopic (exact) mass is 504 g/mol. The van der Waals surface area contributed by atoms with E-state index in [2.05, 4.69) is 33.5 Å². The summed E-state index contributed by atoms with van der Waals surface area (Å²) in [5.41, 5.74) is 6.73. The van der Waals surface area contributed by atoms with Crippen LogP contribution >= 0.6 is 0 Å². The number of piperidine rings is 1. The van der Waals surface area contributed by atoms with Crippen LogP contribution < -0.4 is 10.2 Å². The zero-order valence-corrected chi connectivity index (χ0v) is 22.2. The molecule has 1 aromatic heterocycles. The van der Waals surface area contributed by atoms with Crippen LogP contribution in [0.25, 0.3) is 11.1 Å². The number of benzene rings is 1. The summed E-state index contributed by atoms with van der Waals surface area (Å²) >= 11 is 0.